The summed E-state index contributed by atoms with van der Waals surface area (Å²) in [6.45, 7) is 3.65. The van der Waals surface area contributed by atoms with Crippen molar-refractivity contribution in [3.63, 3.8) is 0 Å². The summed E-state index contributed by atoms with van der Waals surface area (Å²) in [5.41, 5.74) is 4.30. The third kappa shape index (κ3) is 4.31. The number of rotatable bonds is 4. The van der Waals surface area contributed by atoms with Gasteiger partial charge in [0.2, 0.25) is 11.8 Å². The van der Waals surface area contributed by atoms with Gasteiger partial charge in [-0.1, -0.05) is 20.8 Å². The van der Waals surface area contributed by atoms with Crippen LogP contribution in [0.15, 0.2) is 0 Å². The summed E-state index contributed by atoms with van der Waals surface area (Å²) in [7, 11) is 0. The second kappa shape index (κ2) is 6.26. The highest BCUT2D eigenvalue weighted by atomic mass is 32.2. The molecule has 1 heterocycles. The van der Waals surface area contributed by atoms with Crippen molar-refractivity contribution < 1.29 is 18.4 Å². The van der Waals surface area contributed by atoms with Gasteiger partial charge in [-0.3, -0.25) is 9.59 Å². The molecule has 1 saturated heterocycles. The molecule has 3 N–H and O–H groups in total. The molecule has 0 radical (unpaired) electrons. The maximum Gasteiger partial charge on any atom is 0.277 e. The first-order chi connectivity index (χ1) is 9.08. The van der Waals surface area contributed by atoms with E-state index >= 15 is 0 Å². The first-order valence-electron chi connectivity index (χ1n) is 6.33. The molecule has 2 amide bonds. The van der Waals surface area contributed by atoms with Crippen molar-refractivity contribution >= 4 is 23.6 Å². The SMILES string of the molecule is CC(C)(C)C(=O)N1CSCC1C(=O)NCC(F)(F)CN. The number of hydrogen-bond donors (Lipinski definition) is 2. The lowest BCUT2D eigenvalue weighted by Crippen LogP contribution is -2.52. The van der Waals surface area contributed by atoms with Crippen molar-refractivity contribution in [2.75, 3.05) is 24.7 Å². The second-order valence-electron chi connectivity index (χ2n) is 5.82. The molecule has 1 rings (SSSR count). The Bertz CT molecular complexity index is 385. The van der Waals surface area contributed by atoms with Gasteiger partial charge in [-0.25, -0.2) is 8.78 Å². The van der Waals surface area contributed by atoms with Crippen molar-refractivity contribution in [1.82, 2.24) is 10.2 Å². The summed E-state index contributed by atoms with van der Waals surface area (Å²) in [6, 6.07) is -0.694. The maximum atomic E-state index is 13.0. The van der Waals surface area contributed by atoms with Crippen LogP contribution in [-0.2, 0) is 9.59 Å². The molecule has 0 bridgehead atoms. The number of nitrogens with one attached hydrogen (secondary N) is 1. The average molecular weight is 309 g/mol. The van der Waals surface area contributed by atoms with E-state index in [9.17, 15) is 18.4 Å². The molecule has 0 spiro atoms. The Balaban J connectivity index is 2.65. The Morgan fingerprint density at radius 3 is 2.50 bits per heavy atom. The average Bonchev–Trinajstić information content (AvgIpc) is 2.83. The van der Waals surface area contributed by atoms with Crippen LogP contribution >= 0.6 is 11.8 Å². The summed E-state index contributed by atoms with van der Waals surface area (Å²) >= 11 is 1.43. The van der Waals surface area contributed by atoms with Crippen molar-refractivity contribution in [2.24, 2.45) is 11.1 Å². The van der Waals surface area contributed by atoms with Gasteiger partial charge in [0.25, 0.3) is 5.92 Å². The van der Waals surface area contributed by atoms with E-state index < -0.39 is 36.4 Å². The zero-order valence-corrected chi connectivity index (χ0v) is 12.7. The van der Waals surface area contributed by atoms with Gasteiger partial charge in [-0.15, -0.1) is 11.8 Å². The Morgan fingerprint density at radius 1 is 1.40 bits per heavy atom. The van der Waals surface area contributed by atoms with Crippen LogP contribution in [0.4, 0.5) is 8.78 Å². The Morgan fingerprint density at radius 2 is 2.00 bits per heavy atom. The molecule has 0 aromatic carbocycles. The minimum absolute atomic E-state index is 0.159. The molecule has 0 aliphatic carbocycles. The van der Waals surface area contributed by atoms with Crippen molar-refractivity contribution in [2.45, 2.75) is 32.7 Å². The first kappa shape index (κ1) is 17.2. The van der Waals surface area contributed by atoms with E-state index in [-0.39, 0.29) is 5.91 Å². The molecule has 116 valence electrons. The highest BCUT2D eigenvalue weighted by Crippen LogP contribution is 2.27. The monoisotopic (exact) mass is 309 g/mol. The van der Waals surface area contributed by atoms with Gasteiger partial charge in [-0.2, -0.15) is 0 Å². The largest absolute Gasteiger partial charge is 0.348 e. The fourth-order valence-corrected chi connectivity index (χ4v) is 2.85. The summed E-state index contributed by atoms with van der Waals surface area (Å²) < 4.78 is 26.0. The number of amides is 2. The third-order valence-electron chi connectivity index (χ3n) is 2.91. The predicted octanol–water partition coefficient (Wildman–Crippen LogP) is 0.644. The zero-order valence-electron chi connectivity index (χ0n) is 11.9. The molecule has 1 aliphatic rings. The molecule has 20 heavy (non-hydrogen) atoms. The van der Waals surface area contributed by atoms with Crippen LogP contribution in [0.3, 0.4) is 0 Å². The molecule has 0 aromatic rings. The van der Waals surface area contributed by atoms with E-state index in [1.54, 1.807) is 20.8 Å². The summed E-state index contributed by atoms with van der Waals surface area (Å²) in [4.78, 5) is 25.6. The smallest absolute Gasteiger partial charge is 0.277 e. The van der Waals surface area contributed by atoms with Gasteiger partial charge < -0.3 is 16.0 Å². The fraction of sp³-hybridized carbons (Fsp3) is 0.833. The third-order valence-corrected chi connectivity index (χ3v) is 3.92. The molecule has 1 atom stereocenters. The van der Waals surface area contributed by atoms with Gasteiger partial charge in [0.05, 0.1) is 19.0 Å². The van der Waals surface area contributed by atoms with Crippen molar-refractivity contribution in [3.8, 4) is 0 Å². The number of alkyl halides is 2. The van der Waals surface area contributed by atoms with Crippen LogP contribution in [0.25, 0.3) is 0 Å². The lowest BCUT2D eigenvalue weighted by molar-refractivity contribution is -0.144. The number of carbonyl (C=O) groups is 2. The van der Waals surface area contributed by atoms with Crippen molar-refractivity contribution in [1.29, 1.82) is 0 Å². The van der Waals surface area contributed by atoms with Crippen molar-refractivity contribution in [3.05, 3.63) is 0 Å². The van der Waals surface area contributed by atoms with Gasteiger partial charge in [0.15, 0.2) is 0 Å². The molecule has 0 saturated carbocycles. The quantitative estimate of drug-likeness (QED) is 0.799. The Hall–Kier alpha value is -0.890. The lowest BCUT2D eigenvalue weighted by atomic mass is 9.94. The van der Waals surface area contributed by atoms with E-state index in [0.717, 1.165) is 0 Å². The topological polar surface area (TPSA) is 75.4 Å². The Kier molecular flexibility index (Phi) is 5.37. The molecule has 0 aromatic heterocycles. The molecular formula is C12H21F2N3O2S. The molecule has 1 fully saturated rings. The number of halogens is 2. The number of thioether (sulfide) groups is 1. The lowest BCUT2D eigenvalue weighted by Gasteiger charge is -2.29. The molecule has 8 heteroatoms. The summed E-state index contributed by atoms with van der Waals surface area (Å²) in [5.74, 6) is -3.02. The zero-order chi connectivity index (χ0) is 15.6. The summed E-state index contributed by atoms with van der Waals surface area (Å²) in [6.07, 6.45) is 0. The number of nitrogens with zero attached hydrogens (tertiary/aromatic N) is 1. The van der Waals surface area contributed by atoms with Gasteiger partial charge >= 0.3 is 0 Å². The minimum atomic E-state index is -3.12. The standard InChI is InChI=1S/C12H21F2N3O2S/c1-11(2,3)10(19)17-7-20-4-8(17)9(18)16-6-12(13,14)5-15/h8H,4-7,15H2,1-3H3,(H,16,18). The summed E-state index contributed by atoms with van der Waals surface area (Å²) in [5, 5.41) is 2.18. The minimum Gasteiger partial charge on any atom is -0.348 e. The molecule has 1 aliphatic heterocycles. The molecular weight excluding hydrogens is 288 g/mol. The van der Waals surface area contributed by atoms with Crippen LogP contribution in [0.5, 0.6) is 0 Å². The van der Waals surface area contributed by atoms with E-state index in [2.05, 4.69) is 5.32 Å². The van der Waals surface area contributed by atoms with E-state index in [4.69, 9.17) is 5.73 Å². The van der Waals surface area contributed by atoms with Crippen LogP contribution in [0.2, 0.25) is 0 Å². The predicted molar refractivity (Wildman–Crippen MR) is 74.4 cm³/mol. The number of nitrogens with two attached hydrogens (primary N) is 1. The molecule has 1 unspecified atom stereocenters. The number of hydrogen-bond acceptors (Lipinski definition) is 4. The second-order valence-corrected chi connectivity index (χ2v) is 6.82. The highest BCUT2D eigenvalue weighted by Gasteiger charge is 2.39. The van der Waals surface area contributed by atoms with Gasteiger partial charge in [0, 0.05) is 11.2 Å². The maximum absolute atomic E-state index is 13.0. The first-order valence-corrected chi connectivity index (χ1v) is 7.48. The Labute approximate surface area is 121 Å². The van der Waals surface area contributed by atoms with Crippen LogP contribution < -0.4 is 11.1 Å². The normalized spacial score (nSPS) is 20.1. The molecule has 5 nitrogen and oxygen atoms in total. The van der Waals surface area contributed by atoms with E-state index in [0.29, 0.717) is 11.6 Å². The van der Waals surface area contributed by atoms with E-state index in [1.807, 2.05) is 0 Å². The van der Waals surface area contributed by atoms with Crippen LogP contribution in [0, 0.1) is 5.41 Å². The van der Waals surface area contributed by atoms with Gasteiger partial charge in [0.1, 0.15) is 6.04 Å². The highest BCUT2D eigenvalue weighted by molar-refractivity contribution is 7.99. The van der Waals surface area contributed by atoms with Crippen LogP contribution in [-0.4, -0.2) is 53.4 Å². The fourth-order valence-electron chi connectivity index (χ4n) is 1.70. The number of carbonyl (C=O) groups excluding carboxylic acids is 2. The van der Waals surface area contributed by atoms with E-state index in [1.165, 1.54) is 16.7 Å². The van der Waals surface area contributed by atoms with Gasteiger partial charge in [-0.05, 0) is 0 Å². The van der Waals surface area contributed by atoms with Crippen LogP contribution in [0.1, 0.15) is 20.8 Å².